The summed E-state index contributed by atoms with van der Waals surface area (Å²) in [5.41, 5.74) is 8.39. The molecule has 0 bridgehead atoms. The van der Waals surface area contributed by atoms with Crippen LogP contribution in [0.4, 0.5) is 5.69 Å². The maximum atomic E-state index is 6.76. The average Bonchev–Trinajstić information content (AvgIpc) is 2.47. The maximum absolute atomic E-state index is 6.76. The quantitative estimate of drug-likeness (QED) is 0.427. The van der Waals surface area contributed by atoms with Crippen LogP contribution in [0.1, 0.15) is 5.56 Å². The highest BCUT2D eigenvalue weighted by Crippen LogP contribution is 2.24. The van der Waals surface area contributed by atoms with Crippen LogP contribution < -0.4 is 0 Å². The molecule has 0 fully saturated rings. The minimum absolute atomic E-state index is 0.389. The second-order valence-corrected chi connectivity index (χ2v) is 2.15. The molecular formula is C7H5N4+. The van der Waals surface area contributed by atoms with Crippen molar-refractivity contribution in [2.45, 2.75) is 0 Å². The number of fused-ring (bicyclic) bond motifs is 1. The van der Waals surface area contributed by atoms with E-state index in [2.05, 4.69) is 15.0 Å². The first-order valence-electron chi connectivity index (χ1n) is 3.17. The summed E-state index contributed by atoms with van der Waals surface area (Å²) in [4.78, 5) is 3.24. The van der Waals surface area contributed by atoms with E-state index in [1.807, 2.05) is 24.3 Å². The maximum Gasteiger partial charge on any atom is 0.479 e. The van der Waals surface area contributed by atoms with Crippen LogP contribution in [0, 0.1) is 5.53 Å². The van der Waals surface area contributed by atoms with Gasteiger partial charge in [0.25, 0.3) is 0 Å². The highest BCUT2D eigenvalue weighted by Gasteiger charge is 2.25. The topological polar surface area (TPSA) is 62.7 Å². The SMILES string of the molecule is N=[N+]=C1N=Nc2ccccc21. The molecule has 0 amide bonds. The number of hydrogen-bond acceptors (Lipinski definition) is 2. The number of azo groups is 1. The van der Waals surface area contributed by atoms with E-state index in [9.17, 15) is 0 Å². The van der Waals surface area contributed by atoms with Crippen molar-refractivity contribution in [2.75, 3.05) is 0 Å². The lowest BCUT2D eigenvalue weighted by Gasteiger charge is -1.83. The van der Waals surface area contributed by atoms with Crippen LogP contribution in [0.15, 0.2) is 34.5 Å². The van der Waals surface area contributed by atoms with Gasteiger partial charge in [-0.1, -0.05) is 16.9 Å². The van der Waals surface area contributed by atoms with Gasteiger partial charge in [0, 0.05) is 0 Å². The molecule has 0 aliphatic carbocycles. The van der Waals surface area contributed by atoms with Gasteiger partial charge in [-0.05, 0) is 22.8 Å². The molecule has 0 saturated carbocycles. The smallest absolute Gasteiger partial charge is 0.0758 e. The summed E-state index contributed by atoms with van der Waals surface area (Å²) in [6, 6.07) is 7.45. The van der Waals surface area contributed by atoms with E-state index in [4.69, 9.17) is 5.53 Å². The fraction of sp³-hybridized carbons (Fsp3) is 0. The molecule has 1 heterocycles. The van der Waals surface area contributed by atoms with Crippen LogP contribution >= 0.6 is 0 Å². The third-order valence-electron chi connectivity index (χ3n) is 1.50. The first kappa shape index (κ1) is 5.95. The zero-order valence-electron chi connectivity index (χ0n) is 5.65. The number of nitrogens with zero attached hydrogens (tertiary/aromatic N) is 3. The van der Waals surface area contributed by atoms with Gasteiger partial charge < -0.3 is 0 Å². The summed E-state index contributed by atoms with van der Waals surface area (Å²) in [5, 5.41) is 7.54. The van der Waals surface area contributed by atoms with E-state index >= 15 is 0 Å². The van der Waals surface area contributed by atoms with E-state index in [-0.39, 0.29) is 0 Å². The number of benzene rings is 1. The van der Waals surface area contributed by atoms with Crippen LogP contribution in [0.5, 0.6) is 0 Å². The highest BCUT2D eigenvalue weighted by molar-refractivity contribution is 6.01. The third kappa shape index (κ3) is 0.772. The Bertz CT molecular complexity index is 374. The van der Waals surface area contributed by atoms with E-state index in [0.717, 1.165) is 11.3 Å². The van der Waals surface area contributed by atoms with Gasteiger partial charge in [-0.25, -0.2) is 0 Å². The summed E-state index contributed by atoms with van der Waals surface area (Å²) >= 11 is 0. The van der Waals surface area contributed by atoms with Crippen molar-refractivity contribution in [1.82, 2.24) is 0 Å². The van der Waals surface area contributed by atoms with Crippen LogP contribution in [0.2, 0.25) is 0 Å². The van der Waals surface area contributed by atoms with E-state index < -0.39 is 0 Å². The van der Waals surface area contributed by atoms with Gasteiger partial charge in [0.2, 0.25) is 0 Å². The molecule has 52 valence electrons. The number of nitrogens with one attached hydrogen (secondary N) is 1. The first-order valence-corrected chi connectivity index (χ1v) is 3.17. The van der Waals surface area contributed by atoms with Crippen molar-refractivity contribution in [3.63, 3.8) is 0 Å². The molecule has 11 heavy (non-hydrogen) atoms. The van der Waals surface area contributed by atoms with E-state index in [1.54, 1.807) is 0 Å². The summed E-state index contributed by atoms with van der Waals surface area (Å²) in [7, 11) is 0. The summed E-state index contributed by atoms with van der Waals surface area (Å²) in [6.07, 6.45) is 0. The Morgan fingerprint density at radius 2 is 2.00 bits per heavy atom. The minimum atomic E-state index is 0.389. The normalized spacial score (nSPS) is 12.9. The largest absolute Gasteiger partial charge is 0.479 e. The van der Waals surface area contributed by atoms with Gasteiger partial charge in [-0.2, -0.15) is 0 Å². The lowest BCUT2D eigenvalue weighted by Crippen LogP contribution is -1.91. The molecule has 0 saturated heterocycles. The lowest BCUT2D eigenvalue weighted by molar-refractivity contribution is -0.119. The first-order chi connectivity index (χ1) is 5.42. The lowest BCUT2D eigenvalue weighted by atomic mass is 10.2. The zero-order valence-corrected chi connectivity index (χ0v) is 5.65. The standard InChI is InChI=1S/C7H5N4/c8-9-7-5-3-1-2-4-6(5)10-11-7/h1-4,8H/q+1. The van der Waals surface area contributed by atoms with Gasteiger partial charge in [0.1, 0.15) is 16.4 Å². The molecule has 1 aliphatic heterocycles. The molecule has 4 heteroatoms. The molecule has 0 spiro atoms. The van der Waals surface area contributed by atoms with Gasteiger partial charge in [-0.15, -0.1) is 0 Å². The van der Waals surface area contributed by atoms with E-state index in [1.165, 1.54) is 0 Å². The Kier molecular flexibility index (Phi) is 1.14. The predicted molar refractivity (Wildman–Crippen MR) is 38.0 cm³/mol. The summed E-state index contributed by atoms with van der Waals surface area (Å²) in [5.74, 6) is 0.389. The van der Waals surface area contributed by atoms with Crippen molar-refractivity contribution in [1.29, 1.82) is 5.53 Å². The molecule has 1 aromatic rings. The second-order valence-electron chi connectivity index (χ2n) is 2.15. The van der Waals surface area contributed by atoms with Crippen molar-refractivity contribution >= 4 is 11.5 Å². The van der Waals surface area contributed by atoms with Crippen LogP contribution in [-0.2, 0) is 0 Å². The summed E-state index contributed by atoms with van der Waals surface area (Å²) in [6.45, 7) is 0. The molecule has 1 N–H and O–H groups in total. The van der Waals surface area contributed by atoms with Crippen molar-refractivity contribution < 1.29 is 4.79 Å². The molecule has 1 aromatic carbocycles. The van der Waals surface area contributed by atoms with Crippen molar-refractivity contribution in [3.05, 3.63) is 29.8 Å². The Morgan fingerprint density at radius 3 is 2.82 bits per heavy atom. The second kappa shape index (κ2) is 2.11. The van der Waals surface area contributed by atoms with E-state index in [0.29, 0.717) is 5.84 Å². The van der Waals surface area contributed by atoms with Crippen LogP contribution in [-0.4, -0.2) is 10.6 Å². The number of amidine groups is 1. The zero-order chi connectivity index (χ0) is 7.68. The summed E-state index contributed by atoms with van der Waals surface area (Å²) < 4.78 is 0. The predicted octanol–water partition coefficient (Wildman–Crippen LogP) is 1.77. The average molecular weight is 145 g/mol. The fourth-order valence-corrected chi connectivity index (χ4v) is 0.988. The third-order valence-corrected chi connectivity index (χ3v) is 1.50. The van der Waals surface area contributed by atoms with Crippen LogP contribution in [0.3, 0.4) is 0 Å². The molecule has 4 nitrogen and oxygen atoms in total. The highest BCUT2D eigenvalue weighted by atomic mass is 15.2. The molecule has 0 atom stereocenters. The fourth-order valence-electron chi connectivity index (χ4n) is 0.988. The molecule has 0 radical (unpaired) electrons. The minimum Gasteiger partial charge on any atom is -0.0758 e. The van der Waals surface area contributed by atoms with Crippen molar-refractivity contribution in [3.8, 4) is 0 Å². The Morgan fingerprint density at radius 1 is 1.18 bits per heavy atom. The van der Waals surface area contributed by atoms with Crippen LogP contribution in [0.25, 0.3) is 0 Å². The van der Waals surface area contributed by atoms with Gasteiger partial charge in [0.05, 0.1) is 0 Å². The molecule has 2 rings (SSSR count). The molecule has 0 unspecified atom stereocenters. The Hall–Kier alpha value is -1.80. The number of hydrogen-bond donors (Lipinski definition) is 1. The molecule has 0 aromatic heterocycles. The number of rotatable bonds is 0. The van der Waals surface area contributed by atoms with Gasteiger partial charge >= 0.3 is 5.84 Å². The Balaban J connectivity index is 2.72. The molecule has 1 aliphatic rings. The molecular weight excluding hydrogens is 140 g/mol. The van der Waals surface area contributed by atoms with Crippen molar-refractivity contribution in [2.24, 2.45) is 10.2 Å². The van der Waals surface area contributed by atoms with Gasteiger partial charge in [-0.3, -0.25) is 0 Å². The van der Waals surface area contributed by atoms with Gasteiger partial charge in [0.15, 0.2) is 0 Å². The monoisotopic (exact) mass is 145 g/mol. The Labute approximate surface area is 62.8 Å².